The number of carbonyl (C=O) groups is 2. The number of esters is 1. The van der Waals surface area contributed by atoms with E-state index in [9.17, 15) is 9.59 Å². The first kappa shape index (κ1) is 20.5. The van der Waals surface area contributed by atoms with Gasteiger partial charge in [-0.2, -0.15) is 0 Å². The van der Waals surface area contributed by atoms with Gasteiger partial charge in [-0.25, -0.2) is 4.79 Å². The van der Waals surface area contributed by atoms with Crippen molar-refractivity contribution in [2.75, 3.05) is 13.2 Å². The van der Waals surface area contributed by atoms with Crippen LogP contribution in [0.5, 0.6) is 5.75 Å². The Bertz CT molecular complexity index is 962. The second kappa shape index (κ2) is 9.78. The zero-order valence-corrected chi connectivity index (χ0v) is 16.6. The third kappa shape index (κ3) is 5.60. The summed E-state index contributed by atoms with van der Waals surface area (Å²) in [5, 5.41) is 3.51. The maximum Gasteiger partial charge on any atom is 0.375 e. The largest absolute Gasteiger partial charge is 0.489 e. The lowest BCUT2D eigenvalue weighted by Crippen LogP contribution is -2.30. The fraction of sp³-hybridized carbons (Fsp3) is 0.304. The Morgan fingerprint density at radius 3 is 2.52 bits per heavy atom. The highest BCUT2D eigenvalue weighted by Crippen LogP contribution is 2.28. The van der Waals surface area contributed by atoms with E-state index in [0.717, 1.165) is 11.8 Å². The quantitative estimate of drug-likeness (QED) is 0.546. The lowest BCUT2D eigenvalue weighted by Gasteiger charge is -2.08. The molecule has 0 bridgehead atoms. The minimum atomic E-state index is -0.688. The molecular weight excluding hydrogens is 370 g/mol. The number of carbonyl (C=O) groups excluding carboxylic acids is 2. The highest BCUT2D eigenvalue weighted by Gasteiger charge is 2.23. The lowest BCUT2D eigenvalue weighted by molar-refractivity contribution is -0.124. The predicted molar refractivity (Wildman–Crippen MR) is 110 cm³/mol. The summed E-state index contributed by atoms with van der Waals surface area (Å²) in [6, 6.07) is 16.6. The molecule has 0 saturated carbocycles. The van der Waals surface area contributed by atoms with Crippen LogP contribution >= 0.6 is 0 Å². The third-order valence-electron chi connectivity index (χ3n) is 4.39. The highest BCUT2D eigenvalue weighted by atomic mass is 16.5. The topological polar surface area (TPSA) is 77.8 Å². The van der Waals surface area contributed by atoms with Gasteiger partial charge in [-0.3, -0.25) is 4.79 Å². The van der Waals surface area contributed by atoms with Crippen molar-refractivity contribution in [3.63, 3.8) is 0 Å². The highest BCUT2D eigenvalue weighted by molar-refractivity contribution is 5.96. The molecule has 1 aromatic heterocycles. The molecule has 0 atom stereocenters. The van der Waals surface area contributed by atoms with Crippen molar-refractivity contribution in [3.05, 3.63) is 65.9 Å². The first-order valence-corrected chi connectivity index (χ1v) is 9.66. The molecule has 1 heterocycles. The van der Waals surface area contributed by atoms with Crippen LogP contribution in [0, 0.1) is 5.92 Å². The fourth-order valence-electron chi connectivity index (χ4n) is 2.83. The van der Waals surface area contributed by atoms with Gasteiger partial charge < -0.3 is 19.2 Å². The minimum Gasteiger partial charge on any atom is -0.489 e. The molecule has 0 spiro atoms. The maximum absolute atomic E-state index is 12.6. The monoisotopic (exact) mass is 395 g/mol. The molecule has 6 nitrogen and oxygen atoms in total. The number of nitrogens with one attached hydrogen (secondary N) is 1. The first-order chi connectivity index (χ1) is 14.0. The second-order valence-electron chi connectivity index (χ2n) is 7.12. The van der Waals surface area contributed by atoms with Crippen molar-refractivity contribution in [1.82, 2.24) is 5.32 Å². The van der Waals surface area contributed by atoms with Crippen molar-refractivity contribution in [2.45, 2.75) is 26.9 Å². The van der Waals surface area contributed by atoms with Crippen molar-refractivity contribution in [2.24, 2.45) is 5.92 Å². The van der Waals surface area contributed by atoms with Crippen LogP contribution in [0.1, 0.15) is 36.4 Å². The number of furan rings is 1. The van der Waals surface area contributed by atoms with Crippen LogP contribution in [-0.4, -0.2) is 25.0 Å². The zero-order valence-electron chi connectivity index (χ0n) is 16.6. The molecule has 0 saturated heterocycles. The van der Waals surface area contributed by atoms with Crippen molar-refractivity contribution in [1.29, 1.82) is 0 Å². The normalized spacial score (nSPS) is 10.9. The van der Waals surface area contributed by atoms with E-state index in [1.54, 1.807) is 6.07 Å². The summed E-state index contributed by atoms with van der Waals surface area (Å²) in [4.78, 5) is 24.5. The number of rotatable bonds is 9. The minimum absolute atomic E-state index is 0.0529. The smallest absolute Gasteiger partial charge is 0.375 e. The molecule has 0 fully saturated rings. The van der Waals surface area contributed by atoms with E-state index >= 15 is 0 Å². The number of benzene rings is 2. The summed E-state index contributed by atoms with van der Waals surface area (Å²) in [5.41, 5.74) is 1.15. The molecule has 6 heteroatoms. The molecule has 1 N–H and O–H groups in total. The van der Waals surface area contributed by atoms with Crippen molar-refractivity contribution >= 4 is 22.8 Å². The van der Waals surface area contributed by atoms with E-state index in [0.29, 0.717) is 29.4 Å². The first-order valence-electron chi connectivity index (χ1n) is 9.66. The molecule has 1 amide bonds. The van der Waals surface area contributed by atoms with Crippen LogP contribution in [0.25, 0.3) is 11.0 Å². The average Bonchev–Trinajstić information content (AvgIpc) is 3.09. The summed E-state index contributed by atoms with van der Waals surface area (Å²) in [6.45, 7) is 4.49. The molecular formula is C23H25NO5. The standard InChI is InChI=1S/C23H25NO5/c1-16(2)12-13-24-21(25)15-28-23(26)22-19(14-27-17-8-4-3-5-9-17)18-10-6-7-11-20(18)29-22/h3-11,16H,12-15H2,1-2H3,(H,24,25). The van der Waals surface area contributed by atoms with Crippen LogP contribution in [-0.2, 0) is 16.1 Å². The lowest BCUT2D eigenvalue weighted by atomic mass is 10.1. The second-order valence-corrected chi connectivity index (χ2v) is 7.12. The molecule has 152 valence electrons. The van der Waals surface area contributed by atoms with Gasteiger partial charge in [-0.15, -0.1) is 0 Å². The van der Waals surface area contributed by atoms with Gasteiger partial charge >= 0.3 is 5.97 Å². The van der Waals surface area contributed by atoms with Gasteiger partial charge in [0, 0.05) is 11.9 Å². The van der Waals surface area contributed by atoms with Crippen molar-refractivity contribution in [3.8, 4) is 5.75 Å². The Morgan fingerprint density at radius 2 is 1.76 bits per heavy atom. The molecule has 29 heavy (non-hydrogen) atoms. The van der Waals surface area contributed by atoms with Crippen LogP contribution < -0.4 is 10.1 Å². The van der Waals surface area contributed by atoms with E-state index in [1.807, 2.05) is 48.5 Å². The van der Waals surface area contributed by atoms with Crippen molar-refractivity contribution < 1.29 is 23.5 Å². The maximum atomic E-state index is 12.6. The Balaban J connectivity index is 1.69. The summed E-state index contributed by atoms with van der Waals surface area (Å²) >= 11 is 0. The van der Waals surface area contributed by atoms with Gasteiger partial charge in [-0.05, 0) is 30.5 Å². The van der Waals surface area contributed by atoms with E-state index in [1.165, 1.54) is 0 Å². The Kier molecular flexibility index (Phi) is 6.89. The van der Waals surface area contributed by atoms with Gasteiger partial charge in [0.05, 0.1) is 5.56 Å². The molecule has 0 aliphatic carbocycles. The molecule has 0 aliphatic heterocycles. The molecule has 3 aromatic rings. The molecule has 0 radical (unpaired) electrons. The summed E-state index contributed by atoms with van der Waals surface area (Å²) in [6.07, 6.45) is 0.865. The SMILES string of the molecule is CC(C)CCNC(=O)COC(=O)c1oc2ccccc2c1COc1ccccc1. The number of ether oxygens (including phenoxy) is 2. The van der Waals surface area contributed by atoms with Crippen LogP contribution in [0.15, 0.2) is 59.0 Å². The Morgan fingerprint density at radius 1 is 1.03 bits per heavy atom. The average molecular weight is 395 g/mol. The van der Waals surface area contributed by atoms with E-state index < -0.39 is 5.97 Å². The summed E-state index contributed by atoms with van der Waals surface area (Å²) in [7, 11) is 0. The molecule has 2 aromatic carbocycles. The van der Waals surface area contributed by atoms with Gasteiger partial charge in [0.2, 0.25) is 5.76 Å². The van der Waals surface area contributed by atoms with Gasteiger partial charge in [0.25, 0.3) is 5.91 Å². The molecule has 0 unspecified atom stereocenters. The van der Waals surface area contributed by atoms with E-state index in [-0.39, 0.29) is 24.9 Å². The summed E-state index contributed by atoms with van der Waals surface area (Å²) in [5.74, 6) is 0.198. The van der Waals surface area contributed by atoms with Gasteiger partial charge in [0.1, 0.15) is 17.9 Å². The number of fused-ring (bicyclic) bond motifs is 1. The molecule has 0 aliphatic rings. The Hall–Kier alpha value is -3.28. The summed E-state index contributed by atoms with van der Waals surface area (Å²) < 4.78 is 16.7. The van der Waals surface area contributed by atoms with Gasteiger partial charge in [-0.1, -0.05) is 50.2 Å². The van der Waals surface area contributed by atoms with E-state index in [2.05, 4.69) is 19.2 Å². The Labute approximate surface area is 169 Å². The van der Waals surface area contributed by atoms with E-state index in [4.69, 9.17) is 13.9 Å². The zero-order chi connectivity index (χ0) is 20.6. The van der Waals surface area contributed by atoms with Crippen LogP contribution in [0.3, 0.4) is 0 Å². The number of hydrogen-bond donors (Lipinski definition) is 1. The molecule has 3 rings (SSSR count). The number of para-hydroxylation sites is 2. The van der Waals surface area contributed by atoms with Crippen LogP contribution in [0.2, 0.25) is 0 Å². The number of amides is 1. The van der Waals surface area contributed by atoms with Gasteiger partial charge in [0.15, 0.2) is 6.61 Å². The van der Waals surface area contributed by atoms with Crippen LogP contribution in [0.4, 0.5) is 0 Å². The predicted octanol–water partition coefficient (Wildman–Crippen LogP) is 4.33. The fourth-order valence-corrected chi connectivity index (χ4v) is 2.83. The number of hydrogen-bond acceptors (Lipinski definition) is 5. The third-order valence-corrected chi connectivity index (χ3v) is 4.39.